The number of aryl methyl sites for hydroxylation is 1. The van der Waals surface area contributed by atoms with Gasteiger partial charge in [0.1, 0.15) is 17.5 Å². The Hall–Kier alpha value is -5.74. The lowest BCUT2D eigenvalue weighted by molar-refractivity contribution is -0.136. The number of urea groups is 1. The molecule has 1 unspecified atom stereocenters. The van der Waals surface area contributed by atoms with E-state index in [9.17, 15) is 28.8 Å². The third-order valence-electron chi connectivity index (χ3n) is 9.78. The molecule has 1 atom stereocenters. The summed E-state index contributed by atoms with van der Waals surface area (Å²) in [6.45, 7) is 2.41. The molecule has 6 amide bonds. The summed E-state index contributed by atoms with van der Waals surface area (Å²) in [6, 6.07) is 7.34. The van der Waals surface area contributed by atoms with Gasteiger partial charge < -0.3 is 39.2 Å². The van der Waals surface area contributed by atoms with Crippen LogP contribution in [0.5, 0.6) is 11.5 Å². The van der Waals surface area contributed by atoms with Gasteiger partial charge in [-0.3, -0.25) is 34.2 Å². The predicted octanol–water partition coefficient (Wildman–Crippen LogP) is 1.73. The SMILES string of the molecule is COc1cc(-c2cn(C)c(=O)c3c2CCN(C(=O)NCCOCCNc2ccc4c(c2)C(=O)N(C2CCC(=O)NC2=O)C4=O)C3)c(OC)cc1CN(C)C. The van der Waals surface area contributed by atoms with Crippen molar-refractivity contribution in [3.05, 3.63) is 74.7 Å². The third kappa shape index (κ3) is 7.66. The summed E-state index contributed by atoms with van der Waals surface area (Å²) < 4.78 is 18.8. The number of fused-ring (bicyclic) bond motifs is 2. The minimum absolute atomic E-state index is 0.0514. The van der Waals surface area contributed by atoms with Gasteiger partial charge in [0.05, 0.1) is 45.1 Å². The van der Waals surface area contributed by atoms with E-state index in [4.69, 9.17) is 14.2 Å². The molecule has 16 heteroatoms. The van der Waals surface area contributed by atoms with Gasteiger partial charge in [0.2, 0.25) is 11.8 Å². The number of benzene rings is 2. The first-order valence-electron chi connectivity index (χ1n) is 17.7. The van der Waals surface area contributed by atoms with Gasteiger partial charge in [-0.05, 0) is 62.8 Å². The Morgan fingerprint density at radius 3 is 2.35 bits per heavy atom. The number of amides is 6. The maximum absolute atomic E-state index is 13.3. The molecule has 16 nitrogen and oxygen atoms in total. The lowest BCUT2D eigenvalue weighted by atomic mass is 9.91. The third-order valence-corrected chi connectivity index (χ3v) is 9.78. The number of rotatable bonds is 13. The van der Waals surface area contributed by atoms with Crippen LogP contribution >= 0.6 is 0 Å². The summed E-state index contributed by atoms with van der Waals surface area (Å²) >= 11 is 0. The van der Waals surface area contributed by atoms with Crippen molar-refractivity contribution in [2.75, 3.05) is 66.5 Å². The van der Waals surface area contributed by atoms with Gasteiger partial charge in [0.15, 0.2) is 0 Å². The normalized spacial score (nSPS) is 16.7. The molecule has 0 aliphatic carbocycles. The van der Waals surface area contributed by atoms with E-state index in [-0.39, 0.29) is 55.3 Å². The van der Waals surface area contributed by atoms with Gasteiger partial charge >= 0.3 is 6.03 Å². The molecule has 0 radical (unpaired) electrons. The van der Waals surface area contributed by atoms with Gasteiger partial charge in [-0.2, -0.15) is 0 Å². The van der Waals surface area contributed by atoms with E-state index in [0.29, 0.717) is 49.7 Å². The van der Waals surface area contributed by atoms with Crippen molar-refractivity contribution in [2.45, 2.75) is 38.4 Å². The second-order valence-electron chi connectivity index (χ2n) is 13.7. The Bertz CT molecular complexity index is 2060. The fraction of sp³-hybridized carbons (Fsp3) is 0.421. The highest BCUT2D eigenvalue weighted by Crippen LogP contribution is 2.39. The van der Waals surface area contributed by atoms with Crippen LogP contribution in [-0.2, 0) is 40.9 Å². The van der Waals surface area contributed by atoms with Crippen LogP contribution in [0.4, 0.5) is 10.5 Å². The zero-order chi connectivity index (χ0) is 38.7. The van der Waals surface area contributed by atoms with Gasteiger partial charge in [0.25, 0.3) is 17.4 Å². The molecule has 4 heterocycles. The number of aromatic nitrogens is 1. The molecule has 1 aromatic heterocycles. The summed E-state index contributed by atoms with van der Waals surface area (Å²) in [5.41, 5.74) is 4.89. The summed E-state index contributed by atoms with van der Waals surface area (Å²) in [5.74, 6) is -0.846. The molecular weight excluding hydrogens is 698 g/mol. The van der Waals surface area contributed by atoms with E-state index in [1.54, 1.807) is 38.3 Å². The molecule has 1 fully saturated rings. The Labute approximate surface area is 312 Å². The first-order chi connectivity index (χ1) is 25.9. The lowest BCUT2D eigenvalue weighted by Crippen LogP contribution is -2.54. The Morgan fingerprint density at radius 1 is 0.889 bits per heavy atom. The number of nitrogens with zero attached hydrogens (tertiary/aromatic N) is 4. The maximum atomic E-state index is 13.3. The van der Waals surface area contributed by atoms with E-state index >= 15 is 0 Å². The standard InChI is InChI=1S/C38H45N7O9/c1-42(2)19-22-16-32(53-5)26(18-31(22)52-4)28-20-43(3)35(48)29-21-44(13-10-24(28)29)38(51)40-12-15-54-14-11-39-23-6-7-25-27(17-23)37(50)45(36(25)49)30-8-9-33(46)41-34(30)47/h6-7,16-18,20,30,39H,8-15,19,21H2,1-5H3,(H,40,51)(H,41,46,47). The number of nitrogens with one attached hydrogen (secondary N) is 3. The Morgan fingerprint density at radius 2 is 1.63 bits per heavy atom. The number of hydrogen-bond donors (Lipinski definition) is 3. The van der Waals surface area contributed by atoms with E-state index in [0.717, 1.165) is 32.9 Å². The van der Waals surface area contributed by atoms with E-state index in [1.807, 2.05) is 37.3 Å². The largest absolute Gasteiger partial charge is 0.496 e. The fourth-order valence-electron chi connectivity index (χ4n) is 7.13. The number of carbonyl (C=O) groups is 5. The highest BCUT2D eigenvalue weighted by molar-refractivity contribution is 6.23. The summed E-state index contributed by atoms with van der Waals surface area (Å²) in [4.78, 5) is 80.9. The van der Waals surface area contributed by atoms with E-state index < -0.39 is 29.7 Å². The Kier molecular flexibility index (Phi) is 11.3. The molecule has 1 saturated heterocycles. The minimum Gasteiger partial charge on any atom is -0.496 e. The topological polar surface area (TPSA) is 181 Å². The van der Waals surface area contributed by atoms with Crippen molar-refractivity contribution in [2.24, 2.45) is 7.05 Å². The second-order valence-corrected chi connectivity index (χ2v) is 13.7. The predicted molar refractivity (Wildman–Crippen MR) is 198 cm³/mol. The first-order valence-corrected chi connectivity index (χ1v) is 17.7. The van der Waals surface area contributed by atoms with Crippen molar-refractivity contribution in [3.8, 4) is 22.6 Å². The molecule has 0 spiro atoms. The smallest absolute Gasteiger partial charge is 0.317 e. The number of piperidine rings is 1. The highest BCUT2D eigenvalue weighted by atomic mass is 16.5. The van der Waals surface area contributed by atoms with E-state index in [1.165, 1.54) is 10.6 Å². The summed E-state index contributed by atoms with van der Waals surface area (Å²) in [7, 11) is 8.91. The zero-order valence-electron chi connectivity index (χ0n) is 31.1. The average molecular weight is 744 g/mol. The van der Waals surface area contributed by atoms with Crippen molar-refractivity contribution in [3.63, 3.8) is 0 Å². The molecule has 3 aromatic rings. The number of carbonyl (C=O) groups excluding carboxylic acids is 5. The molecule has 0 bridgehead atoms. The van der Waals surface area contributed by atoms with Crippen molar-refractivity contribution >= 4 is 35.3 Å². The molecule has 54 heavy (non-hydrogen) atoms. The number of imide groups is 2. The molecule has 3 aliphatic rings. The molecule has 3 N–H and O–H groups in total. The van der Waals surface area contributed by atoms with Gasteiger partial charge in [-0.25, -0.2) is 4.79 Å². The van der Waals surface area contributed by atoms with Gasteiger partial charge in [-0.1, -0.05) is 0 Å². The van der Waals surface area contributed by atoms with Gasteiger partial charge in [0, 0.05) is 73.8 Å². The van der Waals surface area contributed by atoms with Crippen LogP contribution in [0.25, 0.3) is 11.1 Å². The first kappa shape index (κ1) is 38.0. The Balaban J connectivity index is 0.997. The van der Waals surface area contributed by atoms with Crippen molar-refractivity contribution in [1.29, 1.82) is 0 Å². The van der Waals surface area contributed by atoms with Crippen LogP contribution in [0.1, 0.15) is 50.2 Å². The summed E-state index contributed by atoms with van der Waals surface area (Å²) in [6.07, 6.45) is 2.44. The minimum atomic E-state index is -1.03. The van der Waals surface area contributed by atoms with Crippen LogP contribution < -0.4 is 31.0 Å². The fourth-order valence-corrected chi connectivity index (χ4v) is 7.13. The van der Waals surface area contributed by atoms with Crippen molar-refractivity contribution in [1.82, 2.24) is 29.9 Å². The average Bonchev–Trinajstić information content (AvgIpc) is 3.39. The maximum Gasteiger partial charge on any atom is 0.317 e. The van der Waals surface area contributed by atoms with Crippen LogP contribution in [-0.4, -0.2) is 116 Å². The zero-order valence-corrected chi connectivity index (χ0v) is 31.1. The highest BCUT2D eigenvalue weighted by Gasteiger charge is 2.44. The lowest BCUT2D eigenvalue weighted by Gasteiger charge is -2.30. The molecule has 6 rings (SSSR count). The molecule has 2 aromatic carbocycles. The van der Waals surface area contributed by atoms with Crippen LogP contribution in [0, 0.1) is 0 Å². The number of anilines is 1. The van der Waals surface area contributed by atoms with Gasteiger partial charge in [-0.15, -0.1) is 0 Å². The quantitative estimate of drug-likeness (QED) is 0.171. The monoisotopic (exact) mass is 743 g/mol. The van der Waals surface area contributed by atoms with Crippen LogP contribution in [0.2, 0.25) is 0 Å². The number of pyridine rings is 1. The number of hydrogen-bond acceptors (Lipinski definition) is 11. The second kappa shape index (κ2) is 16.1. The number of ether oxygens (including phenoxy) is 3. The number of methoxy groups -OCH3 is 2. The summed E-state index contributed by atoms with van der Waals surface area (Å²) in [5, 5.41) is 8.21. The molecule has 3 aliphatic heterocycles. The molecule has 0 saturated carbocycles. The van der Waals surface area contributed by atoms with Crippen LogP contribution in [0.3, 0.4) is 0 Å². The van der Waals surface area contributed by atoms with Crippen molar-refractivity contribution < 1.29 is 38.2 Å². The van der Waals surface area contributed by atoms with E-state index in [2.05, 4.69) is 16.0 Å². The molecule has 286 valence electrons. The molecular formula is C38H45N7O9. The van der Waals surface area contributed by atoms with Crippen LogP contribution in [0.15, 0.2) is 41.3 Å².